The zero-order valence-electron chi connectivity index (χ0n) is 7.10. The third kappa shape index (κ3) is 3.89. The van der Waals surface area contributed by atoms with E-state index in [0.717, 1.165) is 0 Å². The van der Waals surface area contributed by atoms with Crippen LogP contribution in [0, 0.1) is 0 Å². The van der Waals surface area contributed by atoms with Gasteiger partial charge in [0.05, 0.1) is 13.1 Å². The van der Waals surface area contributed by atoms with Gasteiger partial charge in [-0.25, -0.2) is 0 Å². The number of nitrogens with one attached hydrogen (secondary N) is 1. The van der Waals surface area contributed by atoms with Crippen molar-refractivity contribution in [1.82, 2.24) is 5.32 Å². The summed E-state index contributed by atoms with van der Waals surface area (Å²) >= 11 is 1.34. The number of alkyl halides is 3. The summed E-state index contributed by atoms with van der Waals surface area (Å²) in [6.07, 6.45) is -4.27. The molecular weight excluding hydrogens is 215 g/mol. The topological polar surface area (TPSA) is 29.1 Å². The number of carbonyl (C=O) groups excluding carboxylic acids is 1. The van der Waals surface area contributed by atoms with Gasteiger partial charge in [-0.15, -0.1) is 0 Å². The molecule has 1 rings (SSSR count). The standard InChI is InChI=1S/C8H8F3NOS/c9-8(10,11)5-12-3-7(13)6-1-2-14-4-6/h1-2,4,12H,3,5H2. The van der Waals surface area contributed by atoms with Crippen molar-refractivity contribution in [1.29, 1.82) is 0 Å². The van der Waals surface area contributed by atoms with Crippen LogP contribution in [0.3, 0.4) is 0 Å². The fourth-order valence-electron chi connectivity index (χ4n) is 0.843. The molecule has 0 bridgehead atoms. The highest BCUT2D eigenvalue weighted by atomic mass is 32.1. The van der Waals surface area contributed by atoms with Gasteiger partial charge >= 0.3 is 6.18 Å². The lowest BCUT2D eigenvalue weighted by Crippen LogP contribution is -2.32. The van der Waals surface area contributed by atoms with Gasteiger partial charge in [0.1, 0.15) is 0 Å². The molecule has 14 heavy (non-hydrogen) atoms. The number of halogens is 3. The summed E-state index contributed by atoms with van der Waals surface area (Å²) in [6.45, 7) is -1.42. The molecule has 1 heterocycles. The first-order chi connectivity index (χ1) is 6.49. The monoisotopic (exact) mass is 223 g/mol. The summed E-state index contributed by atoms with van der Waals surface area (Å²) in [6, 6.07) is 1.59. The van der Waals surface area contributed by atoms with Gasteiger partial charge in [0, 0.05) is 10.9 Å². The van der Waals surface area contributed by atoms with E-state index in [9.17, 15) is 18.0 Å². The van der Waals surface area contributed by atoms with Crippen LogP contribution in [0.5, 0.6) is 0 Å². The van der Waals surface area contributed by atoms with Crippen LogP contribution in [0.2, 0.25) is 0 Å². The second-order valence-electron chi connectivity index (χ2n) is 2.65. The zero-order chi connectivity index (χ0) is 10.6. The molecule has 0 atom stereocenters. The molecule has 2 nitrogen and oxygen atoms in total. The lowest BCUT2D eigenvalue weighted by Gasteiger charge is -2.06. The van der Waals surface area contributed by atoms with Crippen molar-refractivity contribution in [3.05, 3.63) is 22.4 Å². The van der Waals surface area contributed by atoms with E-state index >= 15 is 0 Å². The number of hydrogen-bond donors (Lipinski definition) is 1. The van der Waals surface area contributed by atoms with Crippen molar-refractivity contribution in [2.75, 3.05) is 13.1 Å². The highest BCUT2D eigenvalue weighted by Crippen LogP contribution is 2.12. The molecule has 78 valence electrons. The van der Waals surface area contributed by atoms with Crippen LogP contribution in [0.15, 0.2) is 16.8 Å². The molecule has 0 aliphatic carbocycles. The quantitative estimate of drug-likeness (QED) is 0.792. The summed E-state index contributed by atoms with van der Waals surface area (Å²) < 4.78 is 35.0. The molecule has 0 aliphatic heterocycles. The maximum absolute atomic E-state index is 11.7. The molecule has 0 aromatic carbocycles. The Kier molecular flexibility index (Phi) is 3.65. The van der Waals surface area contributed by atoms with Gasteiger partial charge in [0.25, 0.3) is 0 Å². The normalized spacial score (nSPS) is 11.6. The van der Waals surface area contributed by atoms with Crippen LogP contribution < -0.4 is 5.32 Å². The van der Waals surface area contributed by atoms with E-state index in [2.05, 4.69) is 0 Å². The molecule has 0 aliphatic rings. The van der Waals surface area contributed by atoms with Crippen molar-refractivity contribution in [3.8, 4) is 0 Å². The van der Waals surface area contributed by atoms with Gasteiger partial charge in [0.2, 0.25) is 0 Å². The average molecular weight is 223 g/mol. The van der Waals surface area contributed by atoms with Crippen molar-refractivity contribution < 1.29 is 18.0 Å². The number of Topliss-reactive ketones (excluding diaryl/α,β-unsaturated/α-hetero) is 1. The van der Waals surface area contributed by atoms with Crippen molar-refractivity contribution in [2.24, 2.45) is 0 Å². The van der Waals surface area contributed by atoms with Crippen LogP contribution in [0.1, 0.15) is 10.4 Å². The molecule has 0 amide bonds. The predicted molar refractivity (Wildman–Crippen MR) is 47.6 cm³/mol. The Morgan fingerprint density at radius 1 is 1.50 bits per heavy atom. The van der Waals surface area contributed by atoms with Gasteiger partial charge in [-0.3, -0.25) is 4.79 Å². The maximum atomic E-state index is 11.7. The summed E-state index contributed by atoms with van der Waals surface area (Å²) in [4.78, 5) is 11.2. The number of thiophene rings is 1. The van der Waals surface area contributed by atoms with Gasteiger partial charge in [-0.05, 0) is 11.4 Å². The molecule has 0 fully saturated rings. The zero-order valence-corrected chi connectivity index (χ0v) is 7.91. The number of rotatable bonds is 4. The molecule has 1 N–H and O–H groups in total. The third-order valence-electron chi connectivity index (χ3n) is 1.45. The van der Waals surface area contributed by atoms with Crippen LogP contribution in [0.4, 0.5) is 13.2 Å². The Labute approximate surface area is 82.7 Å². The summed E-state index contributed by atoms with van der Waals surface area (Å²) in [5, 5.41) is 5.36. The Morgan fingerprint density at radius 3 is 2.71 bits per heavy atom. The minimum atomic E-state index is -4.27. The molecule has 1 aromatic rings. The number of carbonyl (C=O) groups is 1. The highest BCUT2D eigenvalue weighted by molar-refractivity contribution is 7.08. The molecule has 1 aromatic heterocycles. The van der Waals surface area contributed by atoms with E-state index in [1.54, 1.807) is 16.8 Å². The fraction of sp³-hybridized carbons (Fsp3) is 0.375. The van der Waals surface area contributed by atoms with Gasteiger partial charge in [-0.2, -0.15) is 24.5 Å². The molecule has 0 saturated heterocycles. The summed E-state index contributed by atoms with van der Waals surface area (Å²) in [5.74, 6) is -0.324. The lowest BCUT2D eigenvalue weighted by molar-refractivity contribution is -0.124. The second kappa shape index (κ2) is 4.56. The molecular formula is C8H8F3NOS. The highest BCUT2D eigenvalue weighted by Gasteiger charge is 2.26. The minimum absolute atomic E-state index is 0.282. The molecule has 0 saturated carbocycles. The lowest BCUT2D eigenvalue weighted by atomic mass is 10.2. The molecule has 6 heteroatoms. The second-order valence-corrected chi connectivity index (χ2v) is 3.43. The van der Waals surface area contributed by atoms with E-state index in [0.29, 0.717) is 5.56 Å². The number of hydrogen-bond acceptors (Lipinski definition) is 3. The van der Waals surface area contributed by atoms with Gasteiger partial charge in [-0.1, -0.05) is 0 Å². The molecule has 0 radical (unpaired) electrons. The predicted octanol–water partition coefficient (Wildman–Crippen LogP) is 2.08. The number of ketones is 1. The summed E-state index contributed by atoms with van der Waals surface area (Å²) in [7, 11) is 0. The molecule has 0 spiro atoms. The van der Waals surface area contributed by atoms with Crippen molar-refractivity contribution in [3.63, 3.8) is 0 Å². The van der Waals surface area contributed by atoms with Crippen LogP contribution in [-0.4, -0.2) is 25.0 Å². The van der Waals surface area contributed by atoms with Crippen LogP contribution in [-0.2, 0) is 0 Å². The Balaban J connectivity index is 2.30. The Morgan fingerprint density at radius 2 is 2.21 bits per heavy atom. The Bertz CT molecular complexity index is 294. The maximum Gasteiger partial charge on any atom is 0.401 e. The smallest absolute Gasteiger partial charge is 0.302 e. The largest absolute Gasteiger partial charge is 0.401 e. The molecule has 0 unspecified atom stereocenters. The first kappa shape index (κ1) is 11.2. The van der Waals surface area contributed by atoms with E-state index in [1.165, 1.54) is 11.3 Å². The van der Waals surface area contributed by atoms with E-state index in [4.69, 9.17) is 0 Å². The fourth-order valence-corrected chi connectivity index (χ4v) is 1.50. The van der Waals surface area contributed by atoms with Gasteiger partial charge < -0.3 is 5.32 Å². The van der Waals surface area contributed by atoms with Crippen LogP contribution >= 0.6 is 11.3 Å². The Hall–Kier alpha value is -0.880. The first-order valence-electron chi connectivity index (χ1n) is 3.82. The van der Waals surface area contributed by atoms with E-state index < -0.39 is 12.7 Å². The summed E-state index contributed by atoms with van der Waals surface area (Å²) in [5.41, 5.74) is 0.449. The third-order valence-corrected chi connectivity index (χ3v) is 2.14. The SMILES string of the molecule is O=C(CNCC(F)(F)F)c1ccsc1. The van der Waals surface area contributed by atoms with Gasteiger partial charge in [0.15, 0.2) is 5.78 Å². The van der Waals surface area contributed by atoms with E-state index in [1.807, 2.05) is 5.32 Å². The van der Waals surface area contributed by atoms with Crippen LogP contribution in [0.25, 0.3) is 0 Å². The van der Waals surface area contributed by atoms with Crippen molar-refractivity contribution >= 4 is 17.1 Å². The van der Waals surface area contributed by atoms with Crippen molar-refractivity contribution in [2.45, 2.75) is 6.18 Å². The van der Waals surface area contributed by atoms with E-state index in [-0.39, 0.29) is 12.3 Å². The first-order valence-corrected chi connectivity index (χ1v) is 4.76. The average Bonchev–Trinajstić information content (AvgIpc) is 2.53. The minimum Gasteiger partial charge on any atom is -0.302 e.